The Labute approximate surface area is 118 Å². The van der Waals surface area contributed by atoms with Gasteiger partial charge in [-0.25, -0.2) is 0 Å². The SMILES string of the molecule is NC(=O)CN(CC(N)=O)C(=O)c1cccc([N+](=O)[O-])c1O. The average Bonchev–Trinajstić information content (AvgIpc) is 2.36. The second kappa shape index (κ2) is 6.32. The molecule has 0 atom stereocenters. The van der Waals surface area contributed by atoms with Gasteiger partial charge in [-0.1, -0.05) is 6.07 Å². The molecule has 10 heteroatoms. The molecule has 0 aliphatic carbocycles. The van der Waals surface area contributed by atoms with Crippen LogP contribution in [0.2, 0.25) is 0 Å². The Kier molecular flexibility index (Phi) is 4.78. The zero-order chi connectivity index (χ0) is 16.2. The van der Waals surface area contributed by atoms with Crippen molar-refractivity contribution in [2.45, 2.75) is 0 Å². The van der Waals surface area contributed by atoms with E-state index in [-0.39, 0.29) is 0 Å². The number of para-hydroxylation sites is 1. The zero-order valence-corrected chi connectivity index (χ0v) is 10.7. The van der Waals surface area contributed by atoms with Crippen molar-refractivity contribution < 1.29 is 24.4 Å². The molecule has 10 nitrogen and oxygen atoms in total. The molecule has 0 bridgehead atoms. The molecule has 21 heavy (non-hydrogen) atoms. The first-order valence-electron chi connectivity index (χ1n) is 5.56. The van der Waals surface area contributed by atoms with Gasteiger partial charge in [-0.3, -0.25) is 24.5 Å². The highest BCUT2D eigenvalue weighted by Gasteiger charge is 2.26. The summed E-state index contributed by atoms with van der Waals surface area (Å²) < 4.78 is 0. The van der Waals surface area contributed by atoms with E-state index in [1.807, 2.05) is 0 Å². The smallest absolute Gasteiger partial charge is 0.311 e. The summed E-state index contributed by atoms with van der Waals surface area (Å²) in [5, 5.41) is 20.4. The van der Waals surface area contributed by atoms with Crippen molar-refractivity contribution in [2.75, 3.05) is 13.1 Å². The third-order valence-electron chi connectivity index (χ3n) is 2.42. The standard InChI is InChI=1S/C11H12N4O6/c12-8(16)4-14(5-9(13)17)11(19)6-2-1-3-7(10(6)18)15(20)21/h1-3,18H,4-5H2,(H2,12,16)(H2,13,17). The third kappa shape index (κ3) is 3.89. The number of carbonyl (C=O) groups excluding carboxylic acids is 3. The van der Waals surface area contributed by atoms with Crippen LogP contribution in [0.1, 0.15) is 10.4 Å². The maximum Gasteiger partial charge on any atom is 0.311 e. The molecule has 0 spiro atoms. The first kappa shape index (κ1) is 15.9. The van der Waals surface area contributed by atoms with E-state index in [1.54, 1.807) is 0 Å². The number of aromatic hydroxyl groups is 1. The summed E-state index contributed by atoms with van der Waals surface area (Å²) in [5.41, 5.74) is 8.77. The summed E-state index contributed by atoms with van der Waals surface area (Å²) in [7, 11) is 0. The van der Waals surface area contributed by atoms with Crippen molar-refractivity contribution in [3.8, 4) is 5.75 Å². The Morgan fingerprint density at radius 2 is 1.71 bits per heavy atom. The number of hydrogen-bond donors (Lipinski definition) is 3. The van der Waals surface area contributed by atoms with Gasteiger partial charge in [0.15, 0.2) is 0 Å². The molecule has 3 amide bonds. The van der Waals surface area contributed by atoms with Crippen LogP contribution >= 0.6 is 0 Å². The maximum absolute atomic E-state index is 12.1. The van der Waals surface area contributed by atoms with Crippen molar-refractivity contribution in [3.63, 3.8) is 0 Å². The minimum absolute atomic E-state index is 0.438. The van der Waals surface area contributed by atoms with E-state index in [1.165, 1.54) is 6.07 Å². The third-order valence-corrected chi connectivity index (χ3v) is 2.42. The second-order valence-corrected chi connectivity index (χ2v) is 4.02. The topological polar surface area (TPSA) is 170 Å². The summed E-state index contributed by atoms with van der Waals surface area (Å²) >= 11 is 0. The number of phenolic OH excluding ortho intramolecular Hbond substituents is 1. The number of primary amides is 2. The minimum Gasteiger partial charge on any atom is -0.502 e. The molecule has 5 N–H and O–H groups in total. The number of rotatable bonds is 6. The van der Waals surface area contributed by atoms with Crippen LogP contribution in [-0.2, 0) is 9.59 Å². The van der Waals surface area contributed by atoms with Crippen LogP contribution in [0.4, 0.5) is 5.69 Å². The van der Waals surface area contributed by atoms with Gasteiger partial charge in [0.1, 0.15) is 13.1 Å². The highest BCUT2D eigenvalue weighted by Crippen LogP contribution is 2.30. The summed E-state index contributed by atoms with van der Waals surface area (Å²) in [6.07, 6.45) is 0. The van der Waals surface area contributed by atoms with Gasteiger partial charge in [0.25, 0.3) is 5.91 Å². The van der Waals surface area contributed by atoms with Crippen LogP contribution in [0, 0.1) is 10.1 Å². The Balaban J connectivity index is 3.20. The highest BCUT2D eigenvalue weighted by molar-refractivity contribution is 6.01. The van der Waals surface area contributed by atoms with E-state index >= 15 is 0 Å². The van der Waals surface area contributed by atoms with Gasteiger partial charge in [-0.2, -0.15) is 0 Å². The van der Waals surface area contributed by atoms with E-state index in [9.17, 15) is 29.6 Å². The predicted octanol–water partition coefficient (Wildman–Crippen LogP) is -1.29. The van der Waals surface area contributed by atoms with Gasteiger partial charge in [0, 0.05) is 6.07 Å². The molecule has 0 aliphatic heterocycles. The van der Waals surface area contributed by atoms with Crippen LogP contribution < -0.4 is 11.5 Å². The quantitative estimate of drug-likeness (QED) is 0.435. The van der Waals surface area contributed by atoms with Crippen LogP contribution in [-0.4, -0.2) is 45.7 Å². The largest absolute Gasteiger partial charge is 0.502 e. The molecular formula is C11H12N4O6. The number of nitro benzene ring substituents is 1. The number of nitrogens with zero attached hydrogens (tertiary/aromatic N) is 2. The van der Waals surface area contributed by atoms with Gasteiger partial charge < -0.3 is 21.5 Å². The molecule has 0 saturated heterocycles. The van der Waals surface area contributed by atoms with E-state index < -0.39 is 52.7 Å². The van der Waals surface area contributed by atoms with Crippen molar-refractivity contribution in [3.05, 3.63) is 33.9 Å². The first-order valence-corrected chi connectivity index (χ1v) is 5.56. The molecule has 0 aliphatic rings. The number of phenols is 1. The highest BCUT2D eigenvalue weighted by atomic mass is 16.6. The van der Waals surface area contributed by atoms with Crippen molar-refractivity contribution in [2.24, 2.45) is 11.5 Å². The Morgan fingerprint density at radius 3 is 2.14 bits per heavy atom. The molecular weight excluding hydrogens is 284 g/mol. The molecule has 0 aromatic heterocycles. The number of benzene rings is 1. The molecule has 0 saturated carbocycles. The lowest BCUT2D eigenvalue weighted by atomic mass is 10.1. The second-order valence-electron chi connectivity index (χ2n) is 4.02. The van der Waals surface area contributed by atoms with Crippen LogP contribution in [0.3, 0.4) is 0 Å². The Morgan fingerprint density at radius 1 is 1.19 bits per heavy atom. The van der Waals surface area contributed by atoms with Gasteiger partial charge in [-0.15, -0.1) is 0 Å². The van der Waals surface area contributed by atoms with Gasteiger partial charge >= 0.3 is 5.69 Å². The summed E-state index contributed by atoms with van der Waals surface area (Å²) in [6.45, 7) is -1.24. The Bertz CT molecular complexity index is 599. The first-order chi connectivity index (χ1) is 9.73. The fourth-order valence-corrected chi connectivity index (χ4v) is 1.60. The molecule has 1 rings (SSSR count). The number of nitro groups is 1. The van der Waals surface area contributed by atoms with Crippen molar-refractivity contribution >= 4 is 23.4 Å². The fraction of sp³-hybridized carbons (Fsp3) is 0.182. The van der Waals surface area contributed by atoms with Crippen LogP contribution in [0.5, 0.6) is 5.75 Å². The van der Waals surface area contributed by atoms with Crippen molar-refractivity contribution in [1.29, 1.82) is 0 Å². The van der Waals surface area contributed by atoms with E-state index in [0.717, 1.165) is 12.1 Å². The number of nitrogens with two attached hydrogens (primary N) is 2. The number of hydrogen-bond acceptors (Lipinski definition) is 6. The summed E-state index contributed by atoms with van der Waals surface area (Å²) in [4.78, 5) is 44.4. The predicted molar refractivity (Wildman–Crippen MR) is 69.1 cm³/mol. The molecule has 0 fully saturated rings. The maximum atomic E-state index is 12.1. The fourth-order valence-electron chi connectivity index (χ4n) is 1.60. The molecule has 1 aromatic rings. The van der Waals surface area contributed by atoms with E-state index in [4.69, 9.17) is 11.5 Å². The van der Waals surface area contributed by atoms with Gasteiger partial charge in [-0.05, 0) is 6.07 Å². The summed E-state index contributed by atoms with van der Waals surface area (Å²) in [6, 6.07) is 3.29. The van der Waals surface area contributed by atoms with E-state index in [0.29, 0.717) is 4.90 Å². The van der Waals surface area contributed by atoms with Gasteiger partial charge in [0.2, 0.25) is 17.6 Å². The van der Waals surface area contributed by atoms with Crippen LogP contribution in [0.25, 0.3) is 0 Å². The molecule has 112 valence electrons. The summed E-state index contributed by atoms with van der Waals surface area (Å²) in [5.74, 6) is -3.66. The molecule has 0 unspecified atom stereocenters. The minimum atomic E-state index is -0.978. The Hall–Kier alpha value is -3.17. The lowest BCUT2D eigenvalue weighted by Crippen LogP contribution is -2.43. The number of carbonyl (C=O) groups is 3. The van der Waals surface area contributed by atoms with Crippen molar-refractivity contribution in [1.82, 2.24) is 4.90 Å². The normalized spacial score (nSPS) is 9.90. The molecule has 0 heterocycles. The monoisotopic (exact) mass is 296 g/mol. The lowest BCUT2D eigenvalue weighted by Gasteiger charge is -2.19. The number of amides is 3. The molecule has 1 aromatic carbocycles. The van der Waals surface area contributed by atoms with E-state index in [2.05, 4.69) is 0 Å². The lowest BCUT2D eigenvalue weighted by molar-refractivity contribution is -0.385. The molecule has 0 radical (unpaired) electrons. The zero-order valence-electron chi connectivity index (χ0n) is 10.7. The van der Waals surface area contributed by atoms with Gasteiger partial charge in [0.05, 0.1) is 10.5 Å². The average molecular weight is 296 g/mol. The van der Waals surface area contributed by atoms with Crippen LogP contribution in [0.15, 0.2) is 18.2 Å².